The van der Waals surface area contributed by atoms with Gasteiger partial charge >= 0.3 is 24.3 Å². The topological polar surface area (TPSA) is 74.1 Å². The lowest BCUT2D eigenvalue weighted by atomic mass is 10.0. The number of methoxy groups -OCH3 is 1. The molecule has 2 heterocycles. The number of ketones is 1. The van der Waals surface area contributed by atoms with Crippen LogP contribution in [-0.2, 0) is 21.8 Å². The lowest BCUT2D eigenvalue weighted by Crippen LogP contribution is -2.15. The van der Waals surface area contributed by atoms with Gasteiger partial charge in [0, 0.05) is 11.8 Å². The molecular weight excluding hydrogens is 484 g/mol. The zero-order valence-electron chi connectivity index (χ0n) is 18.4. The van der Waals surface area contributed by atoms with E-state index >= 15 is 0 Å². The second kappa shape index (κ2) is 9.08. The average molecular weight is 501 g/mol. The first-order chi connectivity index (χ1) is 16.1. The summed E-state index contributed by atoms with van der Waals surface area (Å²) in [6, 6.07) is 3.88. The lowest BCUT2D eigenvalue weighted by molar-refractivity contribution is -0.143. The average Bonchev–Trinajstić information content (AvgIpc) is 3.15. The van der Waals surface area contributed by atoms with Crippen molar-refractivity contribution >= 4 is 23.2 Å². The minimum absolute atomic E-state index is 0.00752. The summed E-state index contributed by atoms with van der Waals surface area (Å²) in [4.78, 5) is 37.6. The summed E-state index contributed by atoms with van der Waals surface area (Å²) in [7, 11) is 1.03. The van der Waals surface area contributed by atoms with Crippen molar-refractivity contribution in [1.29, 1.82) is 0 Å². The van der Waals surface area contributed by atoms with Gasteiger partial charge in [0.1, 0.15) is 0 Å². The van der Waals surface area contributed by atoms with Crippen LogP contribution in [0.2, 0.25) is 0 Å². The van der Waals surface area contributed by atoms with E-state index in [1.807, 2.05) is 0 Å². The van der Waals surface area contributed by atoms with Crippen LogP contribution in [0.5, 0.6) is 0 Å². The Morgan fingerprint density at radius 2 is 1.40 bits per heavy atom. The number of halogens is 6. The van der Waals surface area contributed by atoms with Crippen molar-refractivity contribution in [2.24, 2.45) is 0 Å². The molecule has 0 bridgehead atoms. The minimum Gasteiger partial charge on any atom is -0.465 e. The van der Waals surface area contributed by atoms with Crippen LogP contribution in [0.1, 0.15) is 61.7 Å². The molecule has 0 atom stereocenters. The maximum Gasteiger partial charge on any atom is 0.416 e. The monoisotopic (exact) mass is 501 g/mol. The third-order valence-corrected chi connectivity index (χ3v) is 4.84. The van der Waals surface area contributed by atoms with Crippen molar-refractivity contribution in [1.82, 2.24) is 4.40 Å². The molecule has 186 valence electrons. The molecule has 0 aliphatic heterocycles. The van der Waals surface area contributed by atoms with Crippen LogP contribution < -0.4 is 0 Å². The van der Waals surface area contributed by atoms with Gasteiger partial charge in [-0.2, -0.15) is 26.3 Å². The summed E-state index contributed by atoms with van der Waals surface area (Å²) in [6.45, 7) is 3.21. The molecule has 0 aliphatic carbocycles. The van der Waals surface area contributed by atoms with Crippen LogP contribution in [0.25, 0.3) is 5.52 Å². The largest absolute Gasteiger partial charge is 0.465 e. The van der Waals surface area contributed by atoms with Crippen LogP contribution in [-0.4, -0.2) is 35.3 Å². The molecule has 6 nitrogen and oxygen atoms in total. The summed E-state index contributed by atoms with van der Waals surface area (Å²) in [6.07, 6.45) is -9.60. The SMILES string of the molecule is COC(=O)c1cc(C(=O)c2cc(C(F)(F)F)cc(C(F)(F)F)c2)n2ccc(C(=O)OC(C)C)cc12. The first-order valence-electron chi connectivity index (χ1n) is 9.92. The van der Waals surface area contributed by atoms with Gasteiger partial charge < -0.3 is 13.9 Å². The van der Waals surface area contributed by atoms with Gasteiger partial charge in [-0.25, -0.2) is 9.59 Å². The summed E-state index contributed by atoms with van der Waals surface area (Å²) < 4.78 is 90.2. The van der Waals surface area contributed by atoms with E-state index in [1.54, 1.807) is 13.8 Å². The highest BCUT2D eigenvalue weighted by Gasteiger charge is 2.38. The Bertz CT molecular complexity index is 1290. The molecule has 3 rings (SSSR count). The maximum atomic E-state index is 13.2. The van der Waals surface area contributed by atoms with Crippen LogP contribution in [0.15, 0.2) is 42.6 Å². The highest BCUT2D eigenvalue weighted by atomic mass is 19.4. The van der Waals surface area contributed by atoms with Gasteiger partial charge in [-0.15, -0.1) is 0 Å². The maximum absolute atomic E-state index is 13.2. The third-order valence-electron chi connectivity index (χ3n) is 4.84. The first kappa shape index (κ1) is 25.8. The van der Waals surface area contributed by atoms with Gasteiger partial charge in [-0.05, 0) is 50.2 Å². The number of carbonyl (C=O) groups is 3. The molecule has 0 saturated heterocycles. The van der Waals surface area contributed by atoms with Gasteiger partial charge in [0.2, 0.25) is 5.78 Å². The van der Waals surface area contributed by atoms with Crippen molar-refractivity contribution in [2.75, 3.05) is 7.11 Å². The number of fused-ring (bicyclic) bond motifs is 1. The molecule has 0 radical (unpaired) electrons. The van der Waals surface area contributed by atoms with E-state index in [0.29, 0.717) is 12.1 Å². The Kier molecular flexibility index (Phi) is 6.69. The number of benzene rings is 1. The number of hydrogen-bond acceptors (Lipinski definition) is 5. The molecule has 0 N–H and O–H groups in total. The zero-order valence-corrected chi connectivity index (χ0v) is 18.4. The normalized spacial score (nSPS) is 12.2. The van der Waals surface area contributed by atoms with Gasteiger partial charge in [-0.1, -0.05) is 0 Å². The summed E-state index contributed by atoms with van der Waals surface area (Å²) >= 11 is 0. The molecule has 2 aromatic heterocycles. The quantitative estimate of drug-likeness (QED) is 0.260. The summed E-state index contributed by atoms with van der Waals surface area (Å²) in [5.41, 5.74) is -4.93. The van der Waals surface area contributed by atoms with E-state index in [0.717, 1.165) is 17.6 Å². The lowest BCUT2D eigenvalue weighted by Gasteiger charge is -2.14. The summed E-state index contributed by atoms with van der Waals surface area (Å²) in [5.74, 6) is -2.92. The Hall–Kier alpha value is -3.83. The van der Waals surface area contributed by atoms with Gasteiger partial charge in [0.05, 0.1) is 46.7 Å². The van der Waals surface area contributed by atoms with E-state index < -0.39 is 58.6 Å². The van der Waals surface area contributed by atoms with Gasteiger partial charge in [-0.3, -0.25) is 4.79 Å². The molecule has 0 spiro atoms. The van der Waals surface area contributed by atoms with Crippen molar-refractivity contribution in [3.05, 3.63) is 76.1 Å². The highest BCUT2D eigenvalue weighted by molar-refractivity contribution is 6.11. The van der Waals surface area contributed by atoms with E-state index in [1.165, 1.54) is 18.3 Å². The Morgan fingerprint density at radius 3 is 1.89 bits per heavy atom. The first-order valence-corrected chi connectivity index (χ1v) is 9.92. The smallest absolute Gasteiger partial charge is 0.416 e. The van der Waals surface area contributed by atoms with Crippen LogP contribution in [0.4, 0.5) is 26.3 Å². The fourth-order valence-corrected chi connectivity index (χ4v) is 3.29. The molecule has 0 amide bonds. The zero-order chi connectivity index (χ0) is 26.3. The Balaban J connectivity index is 2.22. The number of pyridine rings is 1. The number of rotatable bonds is 5. The molecule has 35 heavy (non-hydrogen) atoms. The number of esters is 2. The van der Waals surface area contributed by atoms with Crippen molar-refractivity contribution in [3.63, 3.8) is 0 Å². The molecule has 0 fully saturated rings. The molecule has 0 saturated carbocycles. The second-order valence-corrected chi connectivity index (χ2v) is 7.68. The standard InChI is InChI=1S/C23H17F6NO5/c1-11(2)35-20(32)12-4-5-30-17(8-12)16(21(33)34-3)10-18(30)19(31)13-6-14(22(24,25)26)9-15(7-13)23(27,28)29/h4-11H,1-3H3. The number of hydrogen-bond donors (Lipinski definition) is 0. The molecule has 0 aliphatic rings. The predicted octanol–water partition coefficient (Wildman–Crippen LogP) is 5.56. The van der Waals surface area contributed by atoms with E-state index in [4.69, 9.17) is 4.74 Å². The van der Waals surface area contributed by atoms with Crippen molar-refractivity contribution in [3.8, 4) is 0 Å². The van der Waals surface area contributed by atoms with Crippen molar-refractivity contribution < 1.29 is 50.2 Å². The number of nitrogens with zero attached hydrogens (tertiary/aromatic N) is 1. The molecule has 12 heteroatoms. The van der Waals surface area contributed by atoms with Crippen LogP contribution in [0.3, 0.4) is 0 Å². The van der Waals surface area contributed by atoms with E-state index in [2.05, 4.69) is 4.74 Å². The summed E-state index contributed by atoms with van der Waals surface area (Å²) in [5, 5.41) is 0. The van der Waals surface area contributed by atoms with Gasteiger partial charge in [0.15, 0.2) is 0 Å². The van der Waals surface area contributed by atoms with Gasteiger partial charge in [0.25, 0.3) is 0 Å². The number of alkyl halides is 6. The minimum atomic E-state index is -5.15. The number of carbonyl (C=O) groups excluding carboxylic acids is 3. The van der Waals surface area contributed by atoms with E-state index in [9.17, 15) is 40.7 Å². The molecular formula is C23H17F6NO5. The second-order valence-electron chi connectivity index (χ2n) is 7.68. The van der Waals surface area contributed by atoms with Crippen LogP contribution in [0, 0.1) is 0 Å². The molecule has 0 unspecified atom stereocenters. The number of ether oxygens (including phenoxy) is 2. The third kappa shape index (κ3) is 5.31. The predicted molar refractivity (Wildman–Crippen MR) is 109 cm³/mol. The molecule has 1 aromatic carbocycles. The highest BCUT2D eigenvalue weighted by Crippen LogP contribution is 2.37. The molecule has 3 aromatic rings. The number of aromatic nitrogens is 1. The van der Waals surface area contributed by atoms with Crippen LogP contribution >= 0.6 is 0 Å². The Morgan fingerprint density at radius 1 is 0.829 bits per heavy atom. The Labute approximate surface area is 194 Å². The fourth-order valence-electron chi connectivity index (χ4n) is 3.29. The fraction of sp³-hybridized carbons (Fsp3) is 0.261. The van der Waals surface area contributed by atoms with Crippen molar-refractivity contribution in [2.45, 2.75) is 32.3 Å². The van der Waals surface area contributed by atoms with E-state index in [-0.39, 0.29) is 22.7 Å².